The molecular formula is C23H16FNO6S. The van der Waals surface area contributed by atoms with Gasteiger partial charge in [-0.2, -0.15) is 0 Å². The molecule has 0 aliphatic carbocycles. The van der Waals surface area contributed by atoms with Crippen LogP contribution in [0.4, 0.5) is 10.1 Å². The summed E-state index contributed by atoms with van der Waals surface area (Å²) in [7, 11) is 1.37. The van der Waals surface area contributed by atoms with Gasteiger partial charge in [-0.05, 0) is 41.8 Å². The van der Waals surface area contributed by atoms with Crippen LogP contribution in [0.3, 0.4) is 0 Å². The molecule has 162 valence electrons. The lowest BCUT2D eigenvalue weighted by atomic mass is 9.99. The van der Waals surface area contributed by atoms with Gasteiger partial charge in [-0.25, -0.2) is 4.39 Å². The number of Topliss-reactive ketones (excluding diaryl/α,β-unsaturated/α-hetero) is 1. The van der Waals surface area contributed by atoms with E-state index >= 15 is 0 Å². The van der Waals surface area contributed by atoms with Crippen LogP contribution in [-0.2, 0) is 9.59 Å². The van der Waals surface area contributed by atoms with Crippen LogP contribution in [0, 0.1) is 5.82 Å². The Kier molecular flexibility index (Phi) is 4.82. The Hall–Kier alpha value is -3.85. The molecule has 5 rings (SSSR count). The first kappa shape index (κ1) is 20.1. The Balaban J connectivity index is 1.71. The zero-order chi connectivity index (χ0) is 22.4. The average molecular weight is 453 g/mol. The summed E-state index contributed by atoms with van der Waals surface area (Å²) in [6.07, 6.45) is 0. The maximum absolute atomic E-state index is 14.0. The summed E-state index contributed by atoms with van der Waals surface area (Å²) >= 11 is 1.32. The number of methoxy groups -OCH3 is 1. The Morgan fingerprint density at radius 2 is 1.97 bits per heavy atom. The molecule has 2 aliphatic rings. The summed E-state index contributed by atoms with van der Waals surface area (Å²) in [6, 6.07) is 11.1. The predicted octanol–water partition coefficient (Wildman–Crippen LogP) is 4.25. The number of anilines is 1. The first-order chi connectivity index (χ1) is 15.5. The van der Waals surface area contributed by atoms with Crippen LogP contribution in [0.25, 0.3) is 5.76 Å². The molecule has 3 heterocycles. The second-order valence-corrected chi connectivity index (χ2v) is 8.05. The zero-order valence-electron chi connectivity index (χ0n) is 16.7. The third-order valence-corrected chi connectivity index (χ3v) is 6.23. The summed E-state index contributed by atoms with van der Waals surface area (Å²) in [5.41, 5.74) is 0.233. The second-order valence-electron chi connectivity index (χ2n) is 7.07. The zero-order valence-corrected chi connectivity index (χ0v) is 17.5. The third kappa shape index (κ3) is 3.09. The van der Waals surface area contributed by atoms with Gasteiger partial charge in [-0.3, -0.25) is 14.5 Å². The van der Waals surface area contributed by atoms with Crippen LogP contribution in [-0.4, -0.2) is 30.7 Å². The molecule has 1 aromatic heterocycles. The number of hydrogen-bond donors (Lipinski definition) is 1. The normalized spacial score (nSPS) is 18.9. The third-order valence-electron chi connectivity index (χ3n) is 5.31. The van der Waals surface area contributed by atoms with Crippen molar-refractivity contribution >= 4 is 34.5 Å². The number of aliphatic hydroxyl groups is 1. The number of halogens is 1. The Morgan fingerprint density at radius 1 is 1.16 bits per heavy atom. The van der Waals surface area contributed by atoms with Crippen molar-refractivity contribution in [3.63, 3.8) is 0 Å². The van der Waals surface area contributed by atoms with Gasteiger partial charge in [0.05, 0.1) is 18.2 Å². The number of ether oxygens (including phenoxy) is 3. The van der Waals surface area contributed by atoms with Gasteiger partial charge in [0.1, 0.15) is 23.4 Å². The number of rotatable bonds is 4. The number of fused-ring (bicyclic) bond motifs is 1. The molecule has 2 aliphatic heterocycles. The van der Waals surface area contributed by atoms with Crippen LogP contribution in [0.15, 0.2) is 59.5 Å². The van der Waals surface area contributed by atoms with Gasteiger partial charge < -0.3 is 19.3 Å². The molecule has 0 saturated carbocycles. The number of benzene rings is 2. The first-order valence-corrected chi connectivity index (χ1v) is 10.5. The van der Waals surface area contributed by atoms with E-state index in [1.54, 1.807) is 35.7 Å². The first-order valence-electron chi connectivity index (χ1n) is 9.57. The van der Waals surface area contributed by atoms with Crippen molar-refractivity contribution in [2.24, 2.45) is 0 Å². The molecular weight excluding hydrogens is 437 g/mol. The topological polar surface area (TPSA) is 85.3 Å². The average Bonchev–Trinajstić information content (AvgIpc) is 3.53. The maximum atomic E-state index is 14.0. The fourth-order valence-electron chi connectivity index (χ4n) is 3.86. The van der Waals surface area contributed by atoms with Crippen molar-refractivity contribution in [2.45, 2.75) is 6.04 Å². The molecule has 9 heteroatoms. The van der Waals surface area contributed by atoms with Gasteiger partial charge in [0.15, 0.2) is 11.5 Å². The van der Waals surface area contributed by atoms with Crippen LogP contribution < -0.4 is 19.1 Å². The number of amides is 1. The number of aliphatic hydroxyl groups excluding tert-OH is 1. The van der Waals surface area contributed by atoms with E-state index in [0.29, 0.717) is 22.1 Å². The fraction of sp³-hybridized carbons (Fsp3) is 0.130. The van der Waals surface area contributed by atoms with Crippen molar-refractivity contribution in [3.8, 4) is 17.2 Å². The van der Waals surface area contributed by atoms with E-state index in [4.69, 9.17) is 14.2 Å². The number of carbonyl (C=O) groups excluding carboxylic acids is 2. The minimum atomic E-state index is -0.914. The number of hydrogen-bond acceptors (Lipinski definition) is 7. The molecule has 1 atom stereocenters. The minimum Gasteiger partial charge on any atom is -0.507 e. The summed E-state index contributed by atoms with van der Waals surface area (Å²) < 4.78 is 29.9. The quantitative estimate of drug-likeness (QED) is 0.361. The molecule has 1 saturated heterocycles. The highest BCUT2D eigenvalue weighted by Crippen LogP contribution is 2.46. The highest BCUT2D eigenvalue weighted by molar-refractivity contribution is 7.10. The fourth-order valence-corrected chi connectivity index (χ4v) is 4.68. The van der Waals surface area contributed by atoms with Gasteiger partial charge >= 0.3 is 0 Å². The minimum absolute atomic E-state index is 0.0160. The molecule has 2 aromatic carbocycles. The van der Waals surface area contributed by atoms with Gasteiger partial charge in [-0.15, -0.1) is 11.3 Å². The molecule has 0 bridgehead atoms. The Bertz CT molecular complexity index is 1270. The van der Waals surface area contributed by atoms with Gasteiger partial charge in [-0.1, -0.05) is 6.07 Å². The van der Waals surface area contributed by atoms with Crippen molar-refractivity contribution < 1.29 is 33.3 Å². The van der Waals surface area contributed by atoms with Crippen LogP contribution in [0.2, 0.25) is 0 Å². The van der Waals surface area contributed by atoms with Gasteiger partial charge in [0.25, 0.3) is 11.7 Å². The van der Waals surface area contributed by atoms with E-state index in [1.807, 2.05) is 0 Å². The molecule has 7 nitrogen and oxygen atoms in total. The molecule has 3 aromatic rings. The molecule has 1 amide bonds. The lowest BCUT2D eigenvalue weighted by Crippen LogP contribution is -2.29. The van der Waals surface area contributed by atoms with E-state index < -0.39 is 29.3 Å². The maximum Gasteiger partial charge on any atom is 0.300 e. The van der Waals surface area contributed by atoms with Crippen molar-refractivity contribution in [2.75, 3.05) is 18.8 Å². The highest BCUT2D eigenvalue weighted by Gasteiger charge is 2.48. The van der Waals surface area contributed by atoms with E-state index in [1.165, 1.54) is 35.5 Å². The SMILES string of the molecule is COc1ccc(F)cc1/C(O)=C1/C(=O)C(=O)N(c2ccc3c(c2)OCO3)C1c1cccs1. The lowest BCUT2D eigenvalue weighted by molar-refractivity contribution is -0.132. The summed E-state index contributed by atoms with van der Waals surface area (Å²) in [6.45, 7) is 0.0608. The van der Waals surface area contributed by atoms with E-state index in [2.05, 4.69) is 0 Å². The van der Waals surface area contributed by atoms with Gasteiger partial charge in [0.2, 0.25) is 6.79 Å². The monoisotopic (exact) mass is 453 g/mol. The predicted molar refractivity (Wildman–Crippen MR) is 115 cm³/mol. The molecule has 0 spiro atoms. The summed E-state index contributed by atoms with van der Waals surface area (Å²) in [5, 5.41) is 12.9. The summed E-state index contributed by atoms with van der Waals surface area (Å²) in [4.78, 5) is 28.2. The smallest absolute Gasteiger partial charge is 0.300 e. The van der Waals surface area contributed by atoms with Gasteiger partial charge in [0, 0.05) is 16.6 Å². The molecule has 1 N–H and O–H groups in total. The number of thiophene rings is 1. The van der Waals surface area contributed by atoms with Crippen LogP contribution >= 0.6 is 11.3 Å². The van der Waals surface area contributed by atoms with Crippen molar-refractivity contribution in [1.82, 2.24) is 0 Å². The van der Waals surface area contributed by atoms with Crippen LogP contribution in [0.1, 0.15) is 16.5 Å². The Morgan fingerprint density at radius 3 is 2.72 bits per heavy atom. The highest BCUT2D eigenvalue weighted by atomic mass is 32.1. The molecule has 32 heavy (non-hydrogen) atoms. The molecule has 0 radical (unpaired) electrons. The standard InChI is InChI=1S/C23H16FNO6S/c1-29-15-6-4-12(24)9-14(15)21(26)19-20(18-3-2-8-32-18)25(23(28)22(19)27)13-5-7-16-17(10-13)31-11-30-16/h2-10,20,26H,11H2,1H3/b21-19-. The number of ketones is 1. The van der Waals surface area contributed by atoms with E-state index in [-0.39, 0.29) is 23.7 Å². The number of carbonyl (C=O) groups is 2. The molecule has 1 unspecified atom stereocenters. The molecule has 1 fully saturated rings. The largest absolute Gasteiger partial charge is 0.507 e. The van der Waals surface area contributed by atoms with Crippen molar-refractivity contribution in [1.29, 1.82) is 0 Å². The van der Waals surface area contributed by atoms with Crippen molar-refractivity contribution in [3.05, 3.63) is 75.7 Å². The summed E-state index contributed by atoms with van der Waals surface area (Å²) in [5.74, 6) is -1.69. The van der Waals surface area contributed by atoms with E-state index in [9.17, 15) is 19.1 Å². The second kappa shape index (κ2) is 7.69. The van der Waals surface area contributed by atoms with Crippen LogP contribution in [0.5, 0.6) is 17.2 Å². The Labute approximate surface area is 185 Å². The van der Waals surface area contributed by atoms with E-state index in [0.717, 1.165) is 6.07 Å². The lowest BCUT2D eigenvalue weighted by Gasteiger charge is -2.24. The number of nitrogens with zero attached hydrogens (tertiary/aromatic N) is 1.